The summed E-state index contributed by atoms with van der Waals surface area (Å²) in [6, 6.07) is 9.25. The fraction of sp³-hybridized carbons (Fsp3) is 0.238. The zero-order valence-corrected chi connectivity index (χ0v) is 15.6. The largest absolute Gasteiger partial charge is 0.493 e. The highest BCUT2D eigenvalue weighted by atomic mass is 19.1. The molecule has 0 saturated carbocycles. The van der Waals surface area contributed by atoms with E-state index in [1.165, 1.54) is 30.3 Å². The second-order valence-corrected chi connectivity index (χ2v) is 6.32. The van der Waals surface area contributed by atoms with Crippen molar-refractivity contribution in [2.24, 2.45) is 0 Å². The molecule has 1 aliphatic rings. The average Bonchev–Trinajstić information content (AvgIpc) is 3.03. The Bertz CT molecular complexity index is 927. The second-order valence-electron chi connectivity index (χ2n) is 6.32. The molecule has 0 fully saturated rings. The number of nitrogens with one attached hydrogen (secondary N) is 2. The molecule has 0 aliphatic carbocycles. The molecule has 1 heterocycles. The van der Waals surface area contributed by atoms with Gasteiger partial charge in [-0.15, -0.1) is 0 Å². The van der Waals surface area contributed by atoms with Crippen LogP contribution in [0.3, 0.4) is 0 Å². The summed E-state index contributed by atoms with van der Waals surface area (Å²) in [5.41, 5.74) is 6.00. The van der Waals surface area contributed by atoms with E-state index >= 15 is 0 Å². The van der Waals surface area contributed by atoms with Gasteiger partial charge in [0.25, 0.3) is 11.8 Å². The van der Waals surface area contributed by atoms with Gasteiger partial charge in [-0.1, -0.05) is 12.1 Å². The van der Waals surface area contributed by atoms with E-state index in [1.54, 1.807) is 6.08 Å². The Kier molecular flexibility index (Phi) is 5.93. The first-order chi connectivity index (χ1) is 13.5. The summed E-state index contributed by atoms with van der Waals surface area (Å²) < 4.78 is 25.0. The van der Waals surface area contributed by atoms with Crippen LogP contribution >= 0.6 is 0 Å². The van der Waals surface area contributed by atoms with Crippen LogP contribution in [0.15, 0.2) is 42.5 Å². The molecular weight excluding hydrogens is 363 g/mol. The fourth-order valence-electron chi connectivity index (χ4n) is 2.90. The molecule has 1 aliphatic heterocycles. The van der Waals surface area contributed by atoms with Gasteiger partial charge in [-0.25, -0.2) is 4.39 Å². The number of carbonyl (C=O) groups is 2. The van der Waals surface area contributed by atoms with Crippen molar-refractivity contribution in [1.29, 1.82) is 0 Å². The molecule has 2 amide bonds. The normalized spacial score (nSPS) is 15.0. The highest BCUT2D eigenvalue weighted by Gasteiger charge is 2.21. The average molecular weight is 384 g/mol. The summed E-state index contributed by atoms with van der Waals surface area (Å²) >= 11 is 0. The number of hydrogen-bond acceptors (Lipinski definition) is 4. The van der Waals surface area contributed by atoms with Crippen LogP contribution in [0.2, 0.25) is 0 Å². The summed E-state index contributed by atoms with van der Waals surface area (Å²) in [5, 5.41) is 0. The van der Waals surface area contributed by atoms with Crippen molar-refractivity contribution >= 4 is 17.9 Å². The minimum absolute atomic E-state index is 0.0978. The minimum atomic E-state index is -0.741. The molecule has 0 radical (unpaired) electrons. The predicted octanol–water partition coefficient (Wildman–Crippen LogP) is 3.02. The van der Waals surface area contributed by atoms with Gasteiger partial charge in [-0.3, -0.25) is 20.4 Å². The minimum Gasteiger partial charge on any atom is -0.493 e. The zero-order valence-electron chi connectivity index (χ0n) is 15.6. The topological polar surface area (TPSA) is 76.7 Å². The number of fused-ring (bicyclic) bond motifs is 1. The highest BCUT2D eigenvalue weighted by Crippen LogP contribution is 2.35. The maximum Gasteiger partial charge on any atom is 0.272 e. The Balaban J connectivity index is 1.66. The van der Waals surface area contributed by atoms with Gasteiger partial charge in [0.15, 0.2) is 0 Å². The van der Waals surface area contributed by atoms with Crippen LogP contribution in [-0.2, 0) is 11.2 Å². The van der Waals surface area contributed by atoms with Crippen molar-refractivity contribution < 1.29 is 23.5 Å². The van der Waals surface area contributed by atoms with E-state index in [0.717, 1.165) is 17.7 Å². The fourth-order valence-corrected chi connectivity index (χ4v) is 2.90. The predicted molar refractivity (Wildman–Crippen MR) is 102 cm³/mol. The molecule has 0 spiro atoms. The summed E-state index contributed by atoms with van der Waals surface area (Å²) in [6.07, 6.45) is 3.73. The van der Waals surface area contributed by atoms with E-state index in [-0.39, 0.29) is 11.7 Å². The molecule has 3 rings (SSSR count). The standard InChI is InChI=1S/C21H21FN2O4/c1-3-27-18-12-15-10-13(2)28-19(15)11-14(18)8-9-20(25)23-24-21(26)16-6-4-5-7-17(16)22/h4-9,11-13H,3,10H2,1-2H3,(H,23,25)(H,24,26)/b9-8+/t13-/m1/s1. The van der Waals surface area contributed by atoms with Crippen molar-refractivity contribution in [1.82, 2.24) is 10.9 Å². The zero-order chi connectivity index (χ0) is 20.1. The van der Waals surface area contributed by atoms with Gasteiger partial charge in [-0.2, -0.15) is 0 Å². The van der Waals surface area contributed by atoms with Gasteiger partial charge in [-0.05, 0) is 44.2 Å². The molecule has 6 nitrogen and oxygen atoms in total. The van der Waals surface area contributed by atoms with Gasteiger partial charge in [0.05, 0.1) is 12.2 Å². The SMILES string of the molecule is CCOc1cc2c(cc1/C=C/C(=O)NNC(=O)c1ccccc1F)O[C@H](C)C2. The van der Waals surface area contributed by atoms with E-state index in [2.05, 4.69) is 10.9 Å². The van der Waals surface area contributed by atoms with Crippen LogP contribution in [0.25, 0.3) is 6.08 Å². The maximum absolute atomic E-state index is 13.6. The molecule has 2 aromatic carbocycles. The summed E-state index contributed by atoms with van der Waals surface area (Å²) in [6.45, 7) is 4.35. The molecular formula is C21H21FN2O4. The van der Waals surface area contributed by atoms with E-state index < -0.39 is 17.6 Å². The van der Waals surface area contributed by atoms with Crippen LogP contribution in [0, 0.1) is 5.82 Å². The maximum atomic E-state index is 13.6. The lowest BCUT2D eigenvalue weighted by atomic mass is 10.1. The van der Waals surface area contributed by atoms with Gasteiger partial charge in [0.2, 0.25) is 0 Å². The van der Waals surface area contributed by atoms with E-state index in [4.69, 9.17) is 9.47 Å². The van der Waals surface area contributed by atoms with Crippen LogP contribution in [0.4, 0.5) is 4.39 Å². The molecule has 2 N–H and O–H groups in total. The van der Waals surface area contributed by atoms with Gasteiger partial charge in [0.1, 0.15) is 23.4 Å². The Morgan fingerprint density at radius 1 is 1.29 bits per heavy atom. The lowest BCUT2D eigenvalue weighted by Crippen LogP contribution is -2.41. The van der Waals surface area contributed by atoms with Crippen molar-refractivity contribution in [2.45, 2.75) is 26.4 Å². The number of carbonyl (C=O) groups excluding carboxylic acids is 2. The summed E-state index contributed by atoms with van der Waals surface area (Å²) in [4.78, 5) is 23.9. The molecule has 28 heavy (non-hydrogen) atoms. The number of benzene rings is 2. The number of rotatable bonds is 5. The van der Waals surface area contributed by atoms with E-state index in [0.29, 0.717) is 17.9 Å². The van der Waals surface area contributed by atoms with Crippen molar-refractivity contribution in [3.05, 3.63) is 65.0 Å². The number of halogens is 1. The number of ether oxygens (including phenoxy) is 2. The van der Waals surface area contributed by atoms with Crippen LogP contribution in [0.1, 0.15) is 35.3 Å². The monoisotopic (exact) mass is 384 g/mol. The van der Waals surface area contributed by atoms with Gasteiger partial charge >= 0.3 is 0 Å². The Labute approximate surface area is 162 Å². The Hall–Kier alpha value is -3.35. The van der Waals surface area contributed by atoms with Gasteiger partial charge in [0, 0.05) is 23.6 Å². The molecule has 0 saturated heterocycles. The molecule has 0 bridgehead atoms. The Morgan fingerprint density at radius 2 is 2.07 bits per heavy atom. The second kappa shape index (κ2) is 8.56. The van der Waals surface area contributed by atoms with Crippen molar-refractivity contribution in [2.75, 3.05) is 6.61 Å². The van der Waals surface area contributed by atoms with Crippen LogP contribution < -0.4 is 20.3 Å². The molecule has 0 unspecified atom stereocenters. The van der Waals surface area contributed by atoms with Crippen molar-refractivity contribution in [3.63, 3.8) is 0 Å². The van der Waals surface area contributed by atoms with E-state index in [9.17, 15) is 14.0 Å². The quantitative estimate of drug-likeness (QED) is 0.614. The first-order valence-corrected chi connectivity index (χ1v) is 8.97. The molecule has 0 aromatic heterocycles. The molecule has 7 heteroatoms. The third kappa shape index (κ3) is 4.49. The lowest BCUT2D eigenvalue weighted by Gasteiger charge is -2.10. The summed E-state index contributed by atoms with van der Waals surface area (Å²) in [5.74, 6) is -0.558. The molecule has 1 atom stereocenters. The highest BCUT2D eigenvalue weighted by molar-refractivity contribution is 5.98. The molecule has 146 valence electrons. The van der Waals surface area contributed by atoms with Crippen molar-refractivity contribution in [3.8, 4) is 11.5 Å². The molecule has 2 aromatic rings. The Morgan fingerprint density at radius 3 is 2.82 bits per heavy atom. The van der Waals surface area contributed by atoms with Crippen LogP contribution in [0.5, 0.6) is 11.5 Å². The smallest absolute Gasteiger partial charge is 0.272 e. The van der Waals surface area contributed by atoms with Gasteiger partial charge < -0.3 is 9.47 Å². The van der Waals surface area contributed by atoms with E-state index in [1.807, 2.05) is 26.0 Å². The number of hydrogen-bond donors (Lipinski definition) is 2. The summed E-state index contributed by atoms with van der Waals surface area (Å²) in [7, 11) is 0. The third-order valence-corrected chi connectivity index (χ3v) is 4.16. The van der Waals surface area contributed by atoms with Crippen LogP contribution in [-0.4, -0.2) is 24.5 Å². The lowest BCUT2D eigenvalue weighted by molar-refractivity contribution is -0.117. The number of hydrazine groups is 1. The first kappa shape index (κ1) is 19.4. The number of amides is 2. The first-order valence-electron chi connectivity index (χ1n) is 8.97. The third-order valence-electron chi connectivity index (χ3n) is 4.16.